The van der Waals surface area contributed by atoms with Crippen LogP contribution in [0.1, 0.15) is 41.6 Å². The second kappa shape index (κ2) is 5.95. The van der Waals surface area contributed by atoms with E-state index in [0.717, 1.165) is 17.7 Å². The first kappa shape index (κ1) is 15.7. The summed E-state index contributed by atoms with van der Waals surface area (Å²) in [6, 6.07) is 4.74. The van der Waals surface area contributed by atoms with Gasteiger partial charge in [0.1, 0.15) is 0 Å². The molecule has 1 aliphatic rings. The van der Waals surface area contributed by atoms with Crippen molar-refractivity contribution in [2.75, 3.05) is 5.32 Å². The minimum absolute atomic E-state index is 0.0977. The van der Waals surface area contributed by atoms with Gasteiger partial charge in [-0.2, -0.15) is 13.2 Å². The third-order valence-electron chi connectivity index (χ3n) is 4.01. The molecule has 1 saturated carbocycles. The molecule has 0 spiro atoms. The van der Waals surface area contributed by atoms with Crippen LogP contribution in [0.3, 0.4) is 0 Å². The van der Waals surface area contributed by atoms with Crippen molar-refractivity contribution in [1.82, 2.24) is 0 Å². The second-order valence-corrected chi connectivity index (χ2v) is 5.64. The highest BCUT2D eigenvalue weighted by atomic mass is 19.4. The lowest BCUT2D eigenvalue weighted by molar-refractivity contribution is -0.182. The molecule has 1 amide bonds. The summed E-state index contributed by atoms with van der Waals surface area (Å²) in [5, 5.41) is 3.17. The molecule has 1 fully saturated rings. The quantitative estimate of drug-likeness (QED) is 0.895. The van der Waals surface area contributed by atoms with Gasteiger partial charge in [-0.3, -0.25) is 4.79 Å². The highest BCUT2D eigenvalue weighted by molar-refractivity contribution is 5.93. The van der Waals surface area contributed by atoms with Crippen LogP contribution in [-0.2, 0) is 0 Å². The first-order valence-corrected chi connectivity index (χ1v) is 7.01. The fourth-order valence-corrected chi connectivity index (χ4v) is 2.82. The summed E-state index contributed by atoms with van der Waals surface area (Å²) < 4.78 is 38.4. The Morgan fingerprint density at radius 2 is 2.05 bits per heavy atom. The standard InChI is InChI=1S/C15H19F3N2O/c1-9-7-10(14(19)21)5-6-13(9)20-12-4-2-3-11(8-12)15(16,17)18/h5-7,11-12,20H,2-4,8H2,1H3,(H2,19,21). The average Bonchev–Trinajstić information content (AvgIpc) is 2.40. The zero-order valence-corrected chi connectivity index (χ0v) is 11.8. The number of amides is 1. The first-order valence-electron chi connectivity index (χ1n) is 7.01. The zero-order valence-electron chi connectivity index (χ0n) is 11.8. The molecule has 0 aliphatic heterocycles. The van der Waals surface area contributed by atoms with E-state index in [-0.39, 0.29) is 18.9 Å². The minimum Gasteiger partial charge on any atom is -0.382 e. The summed E-state index contributed by atoms with van der Waals surface area (Å²) in [5.74, 6) is -1.74. The molecule has 1 aromatic rings. The van der Waals surface area contributed by atoms with Crippen LogP contribution < -0.4 is 11.1 Å². The van der Waals surface area contributed by atoms with Crippen LogP contribution in [-0.4, -0.2) is 18.1 Å². The van der Waals surface area contributed by atoms with Gasteiger partial charge in [0.05, 0.1) is 5.92 Å². The van der Waals surface area contributed by atoms with Gasteiger partial charge in [0.25, 0.3) is 0 Å². The number of carbonyl (C=O) groups excluding carboxylic acids is 1. The highest BCUT2D eigenvalue weighted by Gasteiger charge is 2.42. The summed E-state index contributed by atoms with van der Waals surface area (Å²) in [7, 11) is 0. The third kappa shape index (κ3) is 3.89. The van der Waals surface area contributed by atoms with E-state index in [1.807, 2.05) is 0 Å². The van der Waals surface area contributed by atoms with Gasteiger partial charge in [0, 0.05) is 17.3 Å². The van der Waals surface area contributed by atoms with Gasteiger partial charge in [-0.05, 0) is 49.9 Å². The number of aryl methyl sites for hydroxylation is 1. The Bertz CT molecular complexity index is 528. The van der Waals surface area contributed by atoms with Crippen molar-refractivity contribution >= 4 is 11.6 Å². The summed E-state index contributed by atoms with van der Waals surface area (Å²) in [5.41, 5.74) is 7.16. The van der Waals surface area contributed by atoms with Gasteiger partial charge in [-0.1, -0.05) is 6.42 Å². The number of carbonyl (C=O) groups is 1. The van der Waals surface area contributed by atoms with E-state index in [4.69, 9.17) is 5.73 Å². The topological polar surface area (TPSA) is 55.1 Å². The molecule has 0 radical (unpaired) electrons. The van der Waals surface area contributed by atoms with Crippen molar-refractivity contribution < 1.29 is 18.0 Å². The van der Waals surface area contributed by atoms with Crippen LogP contribution >= 0.6 is 0 Å². The van der Waals surface area contributed by atoms with Crippen molar-refractivity contribution in [1.29, 1.82) is 0 Å². The van der Waals surface area contributed by atoms with E-state index >= 15 is 0 Å². The average molecular weight is 300 g/mol. The molecule has 21 heavy (non-hydrogen) atoms. The van der Waals surface area contributed by atoms with Crippen molar-refractivity contribution in [3.63, 3.8) is 0 Å². The van der Waals surface area contributed by atoms with Crippen molar-refractivity contribution in [2.24, 2.45) is 11.7 Å². The van der Waals surface area contributed by atoms with Gasteiger partial charge >= 0.3 is 6.18 Å². The van der Waals surface area contributed by atoms with Crippen LogP contribution in [0.25, 0.3) is 0 Å². The molecule has 0 heterocycles. The molecule has 0 bridgehead atoms. The molecule has 3 N–H and O–H groups in total. The van der Waals surface area contributed by atoms with Gasteiger partial charge in [0.15, 0.2) is 0 Å². The summed E-state index contributed by atoms with van der Waals surface area (Å²) >= 11 is 0. The number of primary amides is 1. The summed E-state index contributed by atoms with van der Waals surface area (Å²) in [6.07, 6.45) is -2.52. The largest absolute Gasteiger partial charge is 0.391 e. The Morgan fingerprint density at radius 3 is 2.62 bits per heavy atom. The molecule has 116 valence electrons. The lowest BCUT2D eigenvalue weighted by Gasteiger charge is -2.32. The molecule has 0 saturated heterocycles. The molecule has 2 atom stereocenters. The maximum Gasteiger partial charge on any atom is 0.391 e. The molecule has 1 aliphatic carbocycles. The van der Waals surface area contributed by atoms with E-state index in [9.17, 15) is 18.0 Å². The Morgan fingerprint density at radius 1 is 1.33 bits per heavy atom. The van der Waals surface area contributed by atoms with E-state index in [1.54, 1.807) is 25.1 Å². The fraction of sp³-hybridized carbons (Fsp3) is 0.533. The molecular formula is C15H19F3N2O. The molecule has 2 unspecified atom stereocenters. The highest BCUT2D eigenvalue weighted by Crippen LogP contribution is 2.38. The Labute approximate surface area is 121 Å². The third-order valence-corrected chi connectivity index (χ3v) is 4.01. The summed E-state index contributed by atoms with van der Waals surface area (Å²) in [6.45, 7) is 1.80. The molecule has 1 aromatic carbocycles. The van der Waals surface area contributed by atoms with Crippen LogP contribution in [0, 0.1) is 12.8 Å². The number of hydrogen-bond acceptors (Lipinski definition) is 2. The lowest BCUT2D eigenvalue weighted by atomic mass is 9.85. The number of nitrogens with two attached hydrogens (primary N) is 1. The van der Waals surface area contributed by atoms with Crippen LogP contribution in [0.2, 0.25) is 0 Å². The molecule has 3 nitrogen and oxygen atoms in total. The molecule has 6 heteroatoms. The van der Waals surface area contributed by atoms with Gasteiger partial charge in [0.2, 0.25) is 5.91 Å². The normalized spacial score (nSPS) is 22.9. The lowest BCUT2D eigenvalue weighted by Crippen LogP contribution is -2.34. The Hall–Kier alpha value is -1.72. The smallest absolute Gasteiger partial charge is 0.382 e. The summed E-state index contributed by atoms with van der Waals surface area (Å²) in [4.78, 5) is 11.1. The number of benzene rings is 1. The van der Waals surface area contributed by atoms with E-state index in [2.05, 4.69) is 5.32 Å². The molecule has 0 aromatic heterocycles. The second-order valence-electron chi connectivity index (χ2n) is 5.64. The van der Waals surface area contributed by atoms with Gasteiger partial charge in [-0.25, -0.2) is 0 Å². The number of halogens is 3. The maximum atomic E-state index is 12.8. The first-order chi connectivity index (χ1) is 9.77. The number of hydrogen-bond donors (Lipinski definition) is 2. The minimum atomic E-state index is -4.12. The zero-order chi connectivity index (χ0) is 15.6. The van der Waals surface area contributed by atoms with Crippen molar-refractivity contribution in [3.05, 3.63) is 29.3 Å². The van der Waals surface area contributed by atoms with E-state index in [1.165, 1.54) is 0 Å². The SMILES string of the molecule is Cc1cc(C(N)=O)ccc1NC1CCCC(C(F)(F)F)C1. The molecule has 2 rings (SSSR count). The van der Waals surface area contributed by atoms with Gasteiger partial charge in [-0.15, -0.1) is 0 Å². The number of anilines is 1. The van der Waals surface area contributed by atoms with E-state index in [0.29, 0.717) is 12.0 Å². The predicted molar refractivity (Wildman–Crippen MR) is 75.1 cm³/mol. The monoisotopic (exact) mass is 300 g/mol. The van der Waals surface area contributed by atoms with Crippen LogP contribution in [0.4, 0.5) is 18.9 Å². The van der Waals surface area contributed by atoms with Crippen molar-refractivity contribution in [2.45, 2.75) is 44.8 Å². The predicted octanol–water partition coefficient (Wildman–Crippen LogP) is 3.63. The number of alkyl halides is 3. The van der Waals surface area contributed by atoms with Crippen LogP contribution in [0.5, 0.6) is 0 Å². The fourth-order valence-electron chi connectivity index (χ4n) is 2.82. The molecular weight excluding hydrogens is 281 g/mol. The Balaban J connectivity index is 2.06. The van der Waals surface area contributed by atoms with Gasteiger partial charge < -0.3 is 11.1 Å². The number of nitrogens with one attached hydrogen (secondary N) is 1. The maximum absolute atomic E-state index is 12.8. The Kier molecular flexibility index (Phi) is 4.44. The van der Waals surface area contributed by atoms with Crippen LogP contribution in [0.15, 0.2) is 18.2 Å². The van der Waals surface area contributed by atoms with Crippen molar-refractivity contribution in [3.8, 4) is 0 Å². The number of rotatable bonds is 3. The van der Waals surface area contributed by atoms with E-state index < -0.39 is 18.0 Å².